The summed E-state index contributed by atoms with van der Waals surface area (Å²) in [5.74, 6) is 0.476. The quantitative estimate of drug-likeness (QED) is 0.826. The number of hydrogen-bond acceptors (Lipinski definition) is 4. The number of benzene rings is 1. The molecule has 1 aromatic rings. The van der Waals surface area contributed by atoms with E-state index in [9.17, 15) is 9.59 Å². The Bertz CT molecular complexity index is 668. The summed E-state index contributed by atoms with van der Waals surface area (Å²) < 4.78 is 0. The highest BCUT2D eigenvalue weighted by atomic mass is 16.2. The highest BCUT2D eigenvalue weighted by molar-refractivity contribution is 6.06. The topological polar surface area (TPSA) is 56.2 Å². The predicted octanol–water partition coefficient (Wildman–Crippen LogP) is 1.26. The summed E-state index contributed by atoms with van der Waals surface area (Å²) in [5.41, 5.74) is 1.06. The third-order valence-electron chi connectivity index (χ3n) is 4.12. The number of likely N-dealkylation sites (N-methyl/N-ethyl adjacent to an activating group) is 3. The lowest BCUT2D eigenvalue weighted by molar-refractivity contribution is -0.135. The molecule has 0 aromatic heterocycles. The molecule has 1 fully saturated rings. The van der Waals surface area contributed by atoms with Gasteiger partial charge in [-0.15, -0.1) is 0 Å². The lowest BCUT2D eigenvalue weighted by Gasteiger charge is -2.38. The van der Waals surface area contributed by atoms with E-state index in [4.69, 9.17) is 0 Å². The van der Waals surface area contributed by atoms with Gasteiger partial charge in [0.05, 0.1) is 0 Å². The number of amides is 3. The molecule has 0 aliphatic carbocycles. The van der Waals surface area contributed by atoms with Crippen molar-refractivity contribution in [1.82, 2.24) is 14.7 Å². The van der Waals surface area contributed by atoms with Crippen LogP contribution in [0.4, 0.5) is 4.79 Å². The monoisotopic (exact) mass is 298 g/mol. The molecule has 1 saturated heterocycles. The number of carbonyl (C=O) groups excluding carboxylic acids is 2. The molecule has 6 nitrogen and oxygen atoms in total. The molecule has 2 aliphatic heterocycles. The summed E-state index contributed by atoms with van der Waals surface area (Å²) in [7, 11) is 5.00. The molecule has 0 N–H and O–H groups in total. The fourth-order valence-electron chi connectivity index (χ4n) is 2.77. The third kappa shape index (κ3) is 2.16. The first-order chi connectivity index (χ1) is 10.5. The second-order valence-electron chi connectivity index (χ2n) is 5.49. The van der Waals surface area contributed by atoms with E-state index >= 15 is 0 Å². The Kier molecular flexibility index (Phi) is 3.44. The van der Waals surface area contributed by atoms with Crippen LogP contribution < -0.4 is 0 Å². The van der Waals surface area contributed by atoms with Gasteiger partial charge in [0.1, 0.15) is 5.84 Å². The van der Waals surface area contributed by atoms with E-state index in [2.05, 4.69) is 4.99 Å². The van der Waals surface area contributed by atoms with Crippen LogP contribution in [0.5, 0.6) is 0 Å². The molecule has 2 heterocycles. The molecule has 6 heteroatoms. The Morgan fingerprint density at radius 1 is 1.00 bits per heavy atom. The van der Waals surface area contributed by atoms with Crippen molar-refractivity contribution in [1.29, 1.82) is 0 Å². The fraction of sp³-hybridized carbons (Fsp3) is 0.312. The normalized spacial score (nSPS) is 25.0. The summed E-state index contributed by atoms with van der Waals surface area (Å²) in [4.78, 5) is 33.3. The van der Waals surface area contributed by atoms with Crippen molar-refractivity contribution >= 4 is 23.8 Å². The Morgan fingerprint density at radius 3 is 2.36 bits per heavy atom. The van der Waals surface area contributed by atoms with Gasteiger partial charge in [-0.1, -0.05) is 36.4 Å². The van der Waals surface area contributed by atoms with Crippen LogP contribution in [0.2, 0.25) is 0 Å². The maximum absolute atomic E-state index is 12.3. The number of imide groups is 1. The summed E-state index contributed by atoms with van der Waals surface area (Å²) in [6.45, 7) is 0. The molecule has 114 valence electrons. The van der Waals surface area contributed by atoms with Crippen molar-refractivity contribution < 1.29 is 9.59 Å². The van der Waals surface area contributed by atoms with Crippen molar-refractivity contribution in [3.8, 4) is 0 Å². The lowest BCUT2D eigenvalue weighted by Crippen LogP contribution is -2.63. The van der Waals surface area contributed by atoms with Crippen molar-refractivity contribution in [2.24, 2.45) is 4.99 Å². The van der Waals surface area contributed by atoms with Gasteiger partial charge in [0.25, 0.3) is 5.91 Å². The number of urea groups is 1. The van der Waals surface area contributed by atoms with Gasteiger partial charge in [-0.2, -0.15) is 0 Å². The maximum atomic E-state index is 12.3. The predicted molar refractivity (Wildman–Crippen MR) is 84.2 cm³/mol. The van der Waals surface area contributed by atoms with Crippen LogP contribution in [-0.2, 0) is 4.79 Å². The minimum atomic E-state index is -0.461. The van der Waals surface area contributed by atoms with Gasteiger partial charge < -0.3 is 9.80 Å². The van der Waals surface area contributed by atoms with Crippen LogP contribution in [0.25, 0.3) is 6.08 Å². The van der Waals surface area contributed by atoms with Gasteiger partial charge in [-0.3, -0.25) is 9.69 Å². The van der Waals surface area contributed by atoms with Gasteiger partial charge in [0.2, 0.25) is 0 Å². The molecule has 0 spiro atoms. The van der Waals surface area contributed by atoms with Crippen molar-refractivity contribution in [3.63, 3.8) is 0 Å². The summed E-state index contributed by atoms with van der Waals surface area (Å²) >= 11 is 0. The van der Waals surface area contributed by atoms with Crippen LogP contribution in [0.1, 0.15) is 5.56 Å². The second-order valence-corrected chi connectivity index (χ2v) is 5.49. The first kappa shape index (κ1) is 14.3. The Balaban J connectivity index is 1.87. The molecule has 3 rings (SSSR count). The van der Waals surface area contributed by atoms with E-state index in [-0.39, 0.29) is 11.9 Å². The molecule has 1 aromatic carbocycles. The second kappa shape index (κ2) is 5.29. The smallest absolute Gasteiger partial charge is 0.328 e. The largest absolute Gasteiger partial charge is 0.344 e. The van der Waals surface area contributed by atoms with Gasteiger partial charge in [-0.25, -0.2) is 9.79 Å². The number of nitrogens with zero attached hydrogens (tertiary/aromatic N) is 4. The van der Waals surface area contributed by atoms with Crippen LogP contribution >= 0.6 is 0 Å². The van der Waals surface area contributed by atoms with E-state index in [0.717, 1.165) is 10.5 Å². The van der Waals surface area contributed by atoms with E-state index in [1.165, 1.54) is 11.9 Å². The van der Waals surface area contributed by atoms with Crippen LogP contribution in [-0.4, -0.2) is 65.8 Å². The maximum Gasteiger partial charge on any atom is 0.328 e. The number of hydrogen-bond donors (Lipinski definition) is 0. The molecular weight excluding hydrogens is 280 g/mol. The molecule has 2 aliphatic rings. The summed E-state index contributed by atoms with van der Waals surface area (Å²) in [5, 5.41) is 0. The summed E-state index contributed by atoms with van der Waals surface area (Å²) in [6, 6.07) is 9.09. The van der Waals surface area contributed by atoms with Crippen LogP contribution in [0.3, 0.4) is 0 Å². The van der Waals surface area contributed by atoms with Crippen LogP contribution in [0, 0.1) is 0 Å². The zero-order valence-electron chi connectivity index (χ0n) is 12.8. The fourth-order valence-corrected chi connectivity index (χ4v) is 2.77. The molecule has 0 bridgehead atoms. The Hall–Kier alpha value is -2.63. The van der Waals surface area contributed by atoms with Crippen LogP contribution in [0.15, 0.2) is 41.4 Å². The van der Waals surface area contributed by atoms with E-state index in [1.54, 1.807) is 7.05 Å². The number of carbonyl (C=O) groups is 2. The summed E-state index contributed by atoms with van der Waals surface area (Å²) in [6.07, 6.45) is 3.36. The molecule has 0 saturated carbocycles. The van der Waals surface area contributed by atoms with Crippen molar-refractivity contribution in [3.05, 3.63) is 42.0 Å². The molecule has 22 heavy (non-hydrogen) atoms. The highest BCUT2D eigenvalue weighted by Crippen LogP contribution is 2.26. The minimum absolute atomic E-state index is 0.220. The standard InChI is InChI=1S/C16H18N4O2/c1-18-12(10-9-11-7-5-4-6-8-11)17-14-13(18)15(21)20(3)16(22)19(14)2/h4-10,13-14H,1-3H3/b10-9+. The van der Waals surface area contributed by atoms with Crippen molar-refractivity contribution in [2.75, 3.05) is 21.1 Å². The average Bonchev–Trinajstić information content (AvgIpc) is 2.87. The first-order valence-electron chi connectivity index (χ1n) is 7.09. The van der Waals surface area contributed by atoms with Gasteiger partial charge in [-0.05, 0) is 11.6 Å². The Morgan fingerprint density at radius 2 is 1.68 bits per heavy atom. The third-order valence-corrected chi connectivity index (χ3v) is 4.12. The molecule has 0 radical (unpaired) electrons. The lowest BCUT2D eigenvalue weighted by atomic mass is 10.1. The van der Waals surface area contributed by atoms with E-state index in [0.29, 0.717) is 5.84 Å². The molecular formula is C16H18N4O2. The first-order valence-corrected chi connectivity index (χ1v) is 7.09. The highest BCUT2D eigenvalue weighted by Gasteiger charge is 2.49. The number of amidine groups is 1. The minimum Gasteiger partial charge on any atom is -0.344 e. The van der Waals surface area contributed by atoms with Gasteiger partial charge in [0.15, 0.2) is 12.2 Å². The molecule has 2 atom stereocenters. The number of rotatable bonds is 2. The average molecular weight is 298 g/mol. The zero-order chi connectivity index (χ0) is 15.9. The zero-order valence-corrected chi connectivity index (χ0v) is 12.8. The van der Waals surface area contributed by atoms with E-state index < -0.39 is 12.2 Å². The number of aliphatic imine (C=N–C) groups is 1. The molecule has 3 amide bonds. The SMILES string of the molecule is CN1C(=O)C2C(N=C(/C=C/c3ccccc3)N2C)N(C)C1=O. The molecule has 2 unspecified atom stereocenters. The van der Waals surface area contributed by atoms with E-state index in [1.807, 2.05) is 54.4 Å². The van der Waals surface area contributed by atoms with Gasteiger partial charge in [0, 0.05) is 21.1 Å². The van der Waals surface area contributed by atoms with Gasteiger partial charge >= 0.3 is 6.03 Å². The Labute approximate surface area is 129 Å². The number of fused-ring (bicyclic) bond motifs is 1. The van der Waals surface area contributed by atoms with Crippen molar-refractivity contribution in [2.45, 2.75) is 12.2 Å².